The van der Waals surface area contributed by atoms with Gasteiger partial charge in [-0.25, -0.2) is 4.39 Å². The minimum Gasteiger partial charge on any atom is -0.379 e. The molecule has 1 aliphatic heterocycles. The van der Waals surface area contributed by atoms with Crippen LogP contribution in [0.5, 0.6) is 0 Å². The standard InChI is InChI=1S/C16H24ClFN2O/c1-4-19-15(13-6-5-12(17)11-14(13)18)16(2,3)20-7-9-21-10-8-20/h5-6,11,15,19H,4,7-10H2,1-3H3. The van der Waals surface area contributed by atoms with E-state index in [1.807, 2.05) is 6.92 Å². The monoisotopic (exact) mass is 314 g/mol. The van der Waals surface area contributed by atoms with Gasteiger partial charge in [0.2, 0.25) is 0 Å². The zero-order chi connectivity index (χ0) is 15.5. The Morgan fingerprint density at radius 1 is 1.38 bits per heavy atom. The molecule has 0 amide bonds. The van der Waals surface area contributed by atoms with Crippen molar-refractivity contribution in [2.45, 2.75) is 32.4 Å². The highest BCUT2D eigenvalue weighted by Crippen LogP contribution is 2.33. The van der Waals surface area contributed by atoms with Crippen LogP contribution >= 0.6 is 11.6 Å². The van der Waals surface area contributed by atoms with E-state index in [0.29, 0.717) is 10.6 Å². The first-order valence-corrected chi connectivity index (χ1v) is 7.85. The number of likely N-dealkylation sites (N-methyl/N-ethyl adjacent to an activating group) is 1. The van der Waals surface area contributed by atoms with Crippen LogP contribution in [0, 0.1) is 5.82 Å². The molecule has 1 aromatic carbocycles. The van der Waals surface area contributed by atoms with Gasteiger partial charge in [-0.3, -0.25) is 4.90 Å². The van der Waals surface area contributed by atoms with Crippen molar-refractivity contribution in [1.82, 2.24) is 10.2 Å². The quantitative estimate of drug-likeness (QED) is 0.903. The number of nitrogens with zero attached hydrogens (tertiary/aromatic N) is 1. The van der Waals surface area contributed by atoms with Gasteiger partial charge in [0.25, 0.3) is 0 Å². The number of ether oxygens (including phenoxy) is 1. The average Bonchev–Trinajstić information content (AvgIpc) is 2.46. The first kappa shape index (κ1) is 16.7. The van der Waals surface area contributed by atoms with E-state index in [1.54, 1.807) is 12.1 Å². The fourth-order valence-electron chi connectivity index (χ4n) is 3.00. The van der Waals surface area contributed by atoms with Crippen LogP contribution in [0.4, 0.5) is 4.39 Å². The van der Waals surface area contributed by atoms with Crippen molar-refractivity contribution in [3.8, 4) is 0 Å². The van der Waals surface area contributed by atoms with Gasteiger partial charge >= 0.3 is 0 Å². The van der Waals surface area contributed by atoms with Gasteiger partial charge in [-0.1, -0.05) is 24.6 Å². The summed E-state index contributed by atoms with van der Waals surface area (Å²) in [5.41, 5.74) is 0.451. The fraction of sp³-hybridized carbons (Fsp3) is 0.625. The Kier molecular flexibility index (Phi) is 5.60. The Morgan fingerprint density at radius 3 is 2.62 bits per heavy atom. The minimum absolute atomic E-state index is 0.0992. The third-order valence-corrected chi connectivity index (χ3v) is 4.45. The molecule has 3 nitrogen and oxygen atoms in total. The fourth-order valence-corrected chi connectivity index (χ4v) is 3.16. The van der Waals surface area contributed by atoms with Crippen LogP contribution in [-0.4, -0.2) is 43.3 Å². The van der Waals surface area contributed by atoms with Crippen LogP contribution in [-0.2, 0) is 4.74 Å². The minimum atomic E-state index is -0.255. The van der Waals surface area contributed by atoms with Crippen molar-refractivity contribution >= 4 is 11.6 Å². The van der Waals surface area contributed by atoms with Crippen LogP contribution in [0.15, 0.2) is 18.2 Å². The lowest BCUT2D eigenvalue weighted by Crippen LogP contribution is -2.56. The Labute approximate surface area is 131 Å². The summed E-state index contributed by atoms with van der Waals surface area (Å²) in [5, 5.41) is 3.86. The highest BCUT2D eigenvalue weighted by molar-refractivity contribution is 6.30. The summed E-state index contributed by atoms with van der Waals surface area (Å²) in [7, 11) is 0. The third-order valence-electron chi connectivity index (χ3n) is 4.21. The molecule has 21 heavy (non-hydrogen) atoms. The van der Waals surface area contributed by atoms with Crippen molar-refractivity contribution in [2.24, 2.45) is 0 Å². The summed E-state index contributed by atoms with van der Waals surface area (Å²) < 4.78 is 19.8. The zero-order valence-corrected chi connectivity index (χ0v) is 13.7. The van der Waals surface area contributed by atoms with Gasteiger partial charge in [0, 0.05) is 29.2 Å². The van der Waals surface area contributed by atoms with E-state index in [1.165, 1.54) is 6.07 Å². The topological polar surface area (TPSA) is 24.5 Å². The molecule has 2 rings (SSSR count). The Bertz CT molecular complexity index is 475. The average molecular weight is 315 g/mol. The zero-order valence-electron chi connectivity index (χ0n) is 13.0. The number of hydrogen-bond acceptors (Lipinski definition) is 3. The van der Waals surface area contributed by atoms with Gasteiger partial charge in [-0.2, -0.15) is 0 Å². The predicted molar refractivity (Wildman–Crippen MR) is 84.3 cm³/mol. The summed E-state index contributed by atoms with van der Waals surface area (Å²) in [4.78, 5) is 2.36. The summed E-state index contributed by atoms with van der Waals surface area (Å²) in [5.74, 6) is -0.255. The SMILES string of the molecule is CCNC(c1ccc(Cl)cc1F)C(C)(C)N1CCOCC1. The van der Waals surface area contributed by atoms with Gasteiger partial charge in [0.15, 0.2) is 0 Å². The molecule has 1 saturated heterocycles. The number of rotatable bonds is 5. The van der Waals surface area contributed by atoms with E-state index in [2.05, 4.69) is 24.1 Å². The van der Waals surface area contributed by atoms with Crippen LogP contribution < -0.4 is 5.32 Å². The second-order valence-corrected chi connectivity index (χ2v) is 6.35. The number of benzene rings is 1. The van der Waals surface area contributed by atoms with Crippen molar-refractivity contribution in [2.75, 3.05) is 32.8 Å². The van der Waals surface area contributed by atoms with E-state index in [4.69, 9.17) is 16.3 Å². The third kappa shape index (κ3) is 3.75. The molecular formula is C16H24ClFN2O. The molecule has 118 valence electrons. The van der Waals surface area contributed by atoms with Crippen molar-refractivity contribution in [3.05, 3.63) is 34.6 Å². The summed E-state index contributed by atoms with van der Waals surface area (Å²) >= 11 is 5.87. The maximum atomic E-state index is 14.4. The molecule has 0 aromatic heterocycles. The first-order chi connectivity index (χ1) is 9.96. The molecule has 1 aliphatic rings. The highest BCUT2D eigenvalue weighted by atomic mass is 35.5. The predicted octanol–water partition coefficient (Wildman–Crippen LogP) is 3.24. The Morgan fingerprint density at radius 2 is 2.05 bits per heavy atom. The summed E-state index contributed by atoms with van der Waals surface area (Å²) in [6, 6.07) is 4.82. The molecule has 0 aliphatic carbocycles. The van der Waals surface area contributed by atoms with Gasteiger partial charge in [0.1, 0.15) is 5.82 Å². The van der Waals surface area contributed by atoms with E-state index in [0.717, 1.165) is 32.8 Å². The number of nitrogens with one attached hydrogen (secondary N) is 1. The molecule has 1 heterocycles. The van der Waals surface area contributed by atoms with Crippen molar-refractivity contribution in [1.29, 1.82) is 0 Å². The maximum absolute atomic E-state index is 14.4. The molecule has 1 unspecified atom stereocenters. The lowest BCUT2D eigenvalue weighted by atomic mass is 9.86. The summed E-state index contributed by atoms with van der Waals surface area (Å²) in [6.07, 6.45) is 0. The highest BCUT2D eigenvalue weighted by Gasteiger charge is 2.37. The van der Waals surface area contributed by atoms with E-state index < -0.39 is 0 Å². The molecule has 1 N–H and O–H groups in total. The number of halogens is 2. The van der Waals surface area contributed by atoms with E-state index in [-0.39, 0.29) is 17.4 Å². The lowest BCUT2D eigenvalue weighted by molar-refractivity contribution is -0.0240. The van der Waals surface area contributed by atoms with Gasteiger partial charge in [-0.05, 0) is 32.5 Å². The number of hydrogen-bond donors (Lipinski definition) is 1. The molecule has 0 radical (unpaired) electrons. The lowest BCUT2D eigenvalue weighted by Gasteiger charge is -2.46. The molecule has 1 aromatic rings. The van der Waals surface area contributed by atoms with Crippen molar-refractivity contribution < 1.29 is 9.13 Å². The van der Waals surface area contributed by atoms with Gasteiger partial charge in [-0.15, -0.1) is 0 Å². The van der Waals surface area contributed by atoms with Crippen LogP contribution in [0.3, 0.4) is 0 Å². The molecule has 0 spiro atoms. The van der Waals surface area contributed by atoms with Crippen molar-refractivity contribution in [3.63, 3.8) is 0 Å². The van der Waals surface area contributed by atoms with Crippen LogP contribution in [0.1, 0.15) is 32.4 Å². The van der Waals surface area contributed by atoms with Gasteiger partial charge < -0.3 is 10.1 Å². The molecule has 0 bridgehead atoms. The molecule has 1 atom stereocenters. The van der Waals surface area contributed by atoms with Crippen LogP contribution in [0.2, 0.25) is 5.02 Å². The second kappa shape index (κ2) is 7.05. The van der Waals surface area contributed by atoms with E-state index in [9.17, 15) is 4.39 Å². The summed E-state index contributed by atoms with van der Waals surface area (Å²) in [6.45, 7) is 10.3. The van der Waals surface area contributed by atoms with E-state index >= 15 is 0 Å². The smallest absolute Gasteiger partial charge is 0.129 e. The largest absolute Gasteiger partial charge is 0.379 e. The first-order valence-electron chi connectivity index (χ1n) is 7.48. The second-order valence-electron chi connectivity index (χ2n) is 5.91. The normalized spacial score (nSPS) is 18.7. The molecule has 0 saturated carbocycles. The number of morpholine rings is 1. The Hall–Kier alpha value is -0.680. The maximum Gasteiger partial charge on any atom is 0.129 e. The molecule has 5 heteroatoms. The van der Waals surface area contributed by atoms with Gasteiger partial charge in [0.05, 0.1) is 19.3 Å². The molecular weight excluding hydrogens is 291 g/mol. The Balaban J connectivity index is 2.32. The van der Waals surface area contributed by atoms with Crippen LogP contribution in [0.25, 0.3) is 0 Å². The molecule has 1 fully saturated rings.